The average Bonchev–Trinajstić information content (AvgIpc) is 1.67. The highest BCUT2D eigenvalue weighted by Gasteiger charge is 2.50. The summed E-state index contributed by atoms with van der Waals surface area (Å²) in [6.07, 6.45) is 17.9. The van der Waals surface area contributed by atoms with Gasteiger partial charge >= 0.3 is 22.8 Å². The van der Waals surface area contributed by atoms with Gasteiger partial charge in [0, 0.05) is 81.0 Å². The molecule has 6 aliphatic rings. The van der Waals surface area contributed by atoms with Crippen LogP contribution < -0.4 is 71.5 Å². The second-order valence-electron chi connectivity index (χ2n) is 42.1. The molecule has 0 bridgehead atoms. The molecule has 0 aliphatic carbocycles. The second-order valence-corrected chi connectivity index (χ2v) is 68.8. The third kappa shape index (κ3) is 37.4. The lowest BCUT2D eigenvalue weighted by atomic mass is 10.1. The summed E-state index contributed by atoms with van der Waals surface area (Å²) in [5.74, 6) is -1.38. The Morgan fingerprint density at radius 2 is 0.523 bits per heavy atom. The Balaban J connectivity index is 0.000000242. The van der Waals surface area contributed by atoms with Crippen LogP contribution in [0.25, 0.3) is 0 Å². The molecule has 47 nitrogen and oxygen atoms in total. The molecule has 6 aromatic rings. The number of aromatic nitrogens is 12. The van der Waals surface area contributed by atoms with Gasteiger partial charge in [-0.3, -0.25) is 105 Å². The van der Waals surface area contributed by atoms with Crippen LogP contribution >= 0.6 is 65.8 Å². The van der Waals surface area contributed by atoms with E-state index < -0.39 is 239 Å². The van der Waals surface area contributed by atoms with E-state index in [-0.39, 0.29) is 87.0 Å². The van der Waals surface area contributed by atoms with Crippen molar-refractivity contribution in [2.24, 2.45) is 0 Å². The van der Waals surface area contributed by atoms with Gasteiger partial charge in [-0.15, -0.1) is 79.1 Å². The number of aliphatic hydroxyl groups excluding tert-OH is 12. The Labute approximate surface area is 871 Å². The molecule has 0 saturated carbocycles. The lowest BCUT2D eigenvalue weighted by Crippen LogP contribution is -2.39. The number of amides is 2. The normalized spacial score (nSPS) is 26.8. The first-order chi connectivity index (χ1) is 68.7. The van der Waals surface area contributed by atoms with Gasteiger partial charge in [-0.05, 0) is 207 Å². The fraction of sp³-hybridized carbons (Fsp3) is 0.638. The Bertz CT molecular complexity index is 6340. The van der Waals surface area contributed by atoms with E-state index in [4.69, 9.17) is 57.6 Å². The molecule has 838 valence electrons. The van der Waals surface area contributed by atoms with Crippen LogP contribution in [0.15, 0.2) is 85.1 Å². The van der Waals surface area contributed by atoms with E-state index in [9.17, 15) is 128 Å². The molecule has 12 heterocycles. The summed E-state index contributed by atoms with van der Waals surface area (Å²) in [6, 6.07) is 0. The van der Waals surface area contributed by atoms with Crippen LogP contribution in [0, 0.1) is 9.54 Å². The van der Waals surface area contributed by atoms with Gasteiger partial charge in [-0.25, -0.2) is 19.2 Å². The Hall–Kier alpha value is -7.92. The molecule has 55 heteroatoms. The summed E-state index contributed by atoms with van der Waals surface area (Å²) in [5.41, 5.74) is -4.68. The standard InChI is InChI=1S/C16H26N3O6P.C16H26N3O5PS.C16H25N2O7P.C16H25N2O6P.C15H25N2O5P.C15H25N2O4PS/c1-9(20)17-7-10-8-19(16(24)18-14(10)23)15-13(22)12(21)11(25-15)5-6-26(2,3)4;1-9(20)17-7-10-8-19(16(26)18-14(10)23)15-13(22)12(21)11(24-15)5-6-25(2,3)4;1-9(19)8-24-11-7-18(16(23)17-14(11)22)15-13(21)12(20)10(25-15)5-6-26(2,3)4;1-9(19)7-10-8-18(16(23)17-14(10)22)15-13(21)12(20)11(24-15)5-6-25(2,3)4;1-5-9-8-17(15(21)16-13(9)20)14-12(19)11(18)10(22-14)6-7-23(2,3)4;1-5-9-8-17(15(23)16-13(9)20)14-12(19)11(18)10(21-14)6-7-22(2,3)4/h8,11-13,15,21-22H,2,5-7H2,1,3-4H3,(H,17,20)(H,18,23,24);8,11-13,15,21-22H,2,5-7H2,1,3-4H3,(H,17,20)(H,18,23,26);7,10,12-13,15,20-21H,2,5-6,8H2,1,3-4H3,(H,17,22,23);8,11-13,15,20-21H,2,5-7H2,1,3-4H3,(H,17,22,23);8,10-12,14,18-19H,2,5-7H2,1,3-4H3,(H,16,20,21);8,10-12,14,18-19H,2,5-7H2,1,3-4H3,(H,16,20,23)/t2*11-,12-,13-,15-;10-,12-,13-,15-;11-,12-,13-,15-;2*10-,11-,12-,14-/m111111/s1. The van der Waals surface area contributed by atoms with Gasteiger partial charge in [0.25, 0.3) is 33.4 Å². The molecule has 0 spiro atoms. The van der Waals surface area contributed by atoms with Gasteiger partial charge in [0.05, 0.1) is 53.9 Å². The van der Waals surface area contributed by atoms with Gasteiger partial charge < -0.3 is 105 Å². The predicted molar refractivity (Wildman–Crippen MR) is 589 cm³/mol. The smallest absolute Gasteiger partial charge is 0.330 e. The van der Waals surface area contributed by atoms with E-state index >= 15 is 0 Å². The number of nitrogens with one attached hydrogen (secondary N) is 8. The number of nitrogens with zero attached hydrogens (tertiary/aromatic N) is 6. The number of ketones is 2. The highest BCUT2D eigenvalue weighted by Crippen LogP contribution is 2.46. The van der Waals surface area contributed by atoms with Crippen molar-refractivity contribution in [2.45, 2.75) is 260 Å². The predicted octanol–water partition coefficient (Wildman–Crippen LogP) is -1.23. The molecular formula is C94H152N14O33P6S2. The number of Topliss-reactive ketones (excluding diaryl/α,β-unsaturated/α-hetero) is 2. The van der Waals surface area contributed by atoms with Crippen LogP contribution in [0.1, 0.15) is 145 Å². The van der Waals surface area contributed by atoms with Crippen LogP contribution in [-0.4, -0.2) is 413 Å². The summed E-state index contributed by atoms with van der Waals surface area (Å²) >= 11 is 10.3. The number of aliphatic hydroxyl groups is 12. The molecule has 12 rings (SSSR count). The highest BCUT2D eigenvalue weighted by molar-refractivity contribution is 7.74. The molecule has 6 fully saturated rings. The zero-order valence-electron chi connectivity index (χ0n) is 87.4. The van der Waals surface area contributed by atoms with Gasteiger partial charge in [0.2, 0.25) is 17.6 Å². The quantitative estimate of drug-likeness (QED) is 0.0164. The third-order valence-corrected chi connectivity index (χ3v) is 34.1. The number of hydrogen-bond acceptors (Lipinski definition) is 35. The van der Waals surface area contributed by atoms with Crippen LogP contribution in [0.2, 0.25) is 0 Å². The Morgan fingerprint density at radius 3 is 0.772 bits per heavy atom. The van der Waals surface area contributed by atoms with Crippen molar-refractivity contribution in [3.63, 3.8) is 0 Å². The zero-order chi connectivity index (χ0) is 113. The topological polar surface area (TPSA) is 695 Å². The van der Waals surface area contributed by atoms with Crippen LogP contribution in [0.4, 0.5) is 0 Å². The molecule has 0 radical (unpaired) electrons. The third-order valence-electron chi connectivity index (χ3n) is 24.6. The molecule has 0 unspecified atom stereocenters. The molecule has 24 atom stereocenters. The van der Waals surface area contributed by atoms with Crippen molar-refractivity contribution < 1.29 is 114 Å². The van der Waals surface area contributed by atoms with Gasteiger partial charge in [-0.2, -0.15) is 0 Å². The first-order valence-corrected chi connectivity index (χ1v) is 67.2. The first-order valence-electron chi connectivity index (χ1n) is 48.1. The average molecular weight is 2260 g/mol. The molecular weight excluding hydrogens is 2100 g/mol. The number of aromatic amines is 6. The fourth-order valence-corrected chi connectivity index (χ4v) is 22.4. The lowest BCUT2D eigenvalue weighted by molar-refractivity contribution is -0.120. The summed E-state index contributed by atoms with van der Waals surface area (Å²) < 4.78 is 46.9. The van der Waals surface area contributed by atoms with Crippen molar-refractivity contribution in [1.82, 2.24) is 67.9 Å². The van der Waals surface area contributed by atoms with Crippen molar-refractivity contribution in [1.29, 1.82) is 0 Å². The molecule has 149 heavy (non-hydrogen) atoms. The molecule has 20 N–H and O–H groups in total. The van der Waals surface area contributed by atoms with E-state index in [0.29, 0.717) is 62.5 Å². The molecule has 6 aromatic heterocycles. The monoisotopic (exact) mass is 2250 g/mol. The Morgan fingerprint density at radius 1 is 0.315 bits per heavy atom. The largest absolute Gasteiger partial charge is 0.479 e. The number of rotatable bonds is 35. The first kappa shape index (κ1) is 128. The van der Waals surface area contributed by atoms with Gasteiger partial charge in [0.15, 0.2) is 52.7 Å². The number of ether oxygens (including phenoxy) is 7. The number of carbonyl (C=O) groups excluding carboxylic acids is 4. The molecule has 6 aliphatic heterocycles. The van der Waals surface area contributed by atoms with Crippen molar-refractivity contribution >= 4 is 127 Å². The summed E-state index contributed by atoms with van der Waals surface area (Å²) in [5, 5.41) is 128. The van der Waals surface area contributed by atoms with Crippen molar-refractivity contribution in [2.75, 3.05) is 124 Å². The summed E-state index contributed by atoms with van der Waals surface area (Å²) in [7, 11) is 0. The van der Waals surface area contributed by atoms with E-state index in [0.717, 1.165) is 61.4 Å². The lowest BCUT2D eigenvalue weighted by Gasteiger charge is -2.20. The minimum Gasteiger partial charge on any atom is -0.479 e. The number of hydrogen-bond donors (Lipinski definition) is 20. The molecule has 0 aromatic carbocycles. The van der Waals surface area contributed by atoms with E-state index in [1.165, 1.54) is 61.6 Å². The van der Waals surface area contributed by atoms with Crippen molar-refractivity contribution in [3.8, 4) is 5.75 Å². The minimum absolute atomic E-state index is 0.0231. The van der Waals surface area contributed by atoms with Gasteiger partial charge in [0.1, 0.15) is 85.6 Å². The summed E-state index contributed by atoms with van der Waals surface area (Å²) in [6.45, 7) is 25.7. The maximum atomic E-state index is 12.1. The van der Waals surface area contributed by atoms with E-state index in [2.05, 4.69) is 145 Å². The number of H-pyrrole nitrogens is 6. The van der Waals surface area contributed by atoms with Crippen LogP contribution in [0.5, 0.6) is 5.75 Å². The number of carbonyl (C=O) groups is 4. The van der Waals surface area contributed by atoms with Crippen LogP contribution in [-0.2, 0) is 80.0 Å². The van der Waals surface area contributed by atoms with Crippen LogP contribution in [0.3, 0.4) is 0 Å². The summed E-state index contributed by atoms with van der Waals surface area (Å²) in [4.78, 5) is 177. The highest BCUT2D eigenvalue weighted by atomic mass is 32.1. The van der Waals surface area contributed by atoms with Crippen molar-refractivity contribution in [3.05, 3.63) is 179 Å². The van der Waals surface area contributed by atoms with E-state index in [1.54, 1.807) is 13.1 Å². The minimum atomic E-state index is -1.35. The number of aryl methyl sites for hydroxylation is 2. The maximum absolute atomic E-state index is 12.1. The SMILES string of the molecule is C=P(C)(C)CC[C@H]1O[C@@H](n2cc(CC(C)=O)c(=O)[nH]c2=O)[C@H](O)[C@@H]1O.C=P(C)(C)CC[C@H]1O[C@@H](n2cc(CC)c(=O)[nH]c2=O)[C@H](O)[C@@H]1O.C=P(C)(C)CC[C@H]1O[C@@H](n2cc(CC)c(=O)[nH]c2=S)[C@H](O)[C@@H]1O.C=P(C)(C)CC[C@H]1O[C@@H](n2cc(CNC(C)=O)c(=O)[nH]c2=O)[C@H](O)[C@@H]1O.C=P(C)(C)CC[C@H]1O[C@@H](n2cc(CNC(C)=O)c(=O)[nH]c2=S)[C@H](O)[C@@H]1O.C=P(C)(C)CC[C@H]1O[C@@H](n2cc(OCC(C)=O)c(=O)[nH]c2=O)[C@H](O)[C@@H]1O. The Kier molecular flexibility index (Phi) is 46.8. The van der Waals surface area contributed by atoms with E-state index in [1.807, 2.05) is 20.3 Å². The molecule has 2 amide bonds. The zero-order valence-corrected chi connectivity index (χ0v) is 94.4. The maximum Gasteiger partial charge on any atom is 0.330 e. The molecule has 6 saturated heterocycles. The second kappa shape index (κ2) is 54.4. The van der Waals surface area contributed by atoms with Gasteiger partial charge in [-0.1, -0.05) is 13.8 Å². The fourth-order valence-electron chi connectivity index (χ4n) is 16.2.